The van der Waals surface area contributed by atoms with E-state index < -0.39 is 10.0 Å². The summed E-state index contributed by atoms with van der Waals surface area (Å²) in [7, 11) is -3.38. The molecule has 1 aliphatic heterocycles. The van der Waals surface area contributed by atoms with Crippen LogP contribution in [0.4, 0.5) is 5.69 Å². The second kappa shape index (κ2) is 4.93. The van der Waals surface area contributed by atoms with Gasteiger partial charge in [0, 0.05) is 6.04 Å². The molecule has 3 N–H and O–H groups in total. The third kappa shape index (κ3) is 3.34. The third-order valence-electron chi connectivity index (χ3n) is 2.83. The Morgan fingerprint density at radius 1 is 1.41 bits per heavy atom. The van der Waals surface area contributed by atoms with Gasteiger partial charge in [0.05, 0.1) is 11.4 Å². The highest BCUT2D eigenvalue weighted by Crippen LogP contribution is 2.23. The highest BCUT2D eigenvalue weighted by atomic mass is 32.2. The Morgan fingerprint density at radius 3 is 2.71 bits per heavy atom. The molecule has 1 aromatic carbocycles. The number of rotatable bonds is 5. The van der Waals surface area contributed by atoms with Gasteiger partial charge in [0.15, 0.2) is 0 Å². The molecule has 1 heterocycles. The Balaban J connectivity index is 1.94. The first-order chi connectivity index (χ1) is 8.07. The number of para-hydroxylation sites is 2. The molecule has 0 radical (unpaired) electrons. The van der Waals surface area contributed by atoms with Gasteiger partial charge in [-0.2, -0.15) is 0 Å². The minimum Gasteiger partial charge on any atom is -0.506 e. The maximum absolute atomic E-state index is 11.7. The smallest absolute Gasteiger partial charge is 0.232 e. The maximum atomic E-state index is 11.7. The lowest BCUT2D eigenvalue weighted by atomic mass is 10.1. The number of sulfonamides is 1. The van der Waals surface area contributed by atoms with Crippen LogP contribution in [0.15, 0.2) is 24.3 Å². The normalized spacial score (nSPS) is 19.6. The second-order valence-corrected chi connectivity index (χ2v) is 6.01. The van der Waals surface area contributed by atoms with E-state index in [-0.39, 0.29) is 17.2 Å². The topological polar surface area (TPSA) is 78.4 Å². The van der Waals surface area contributed by atoms with Crippen molar-refractivity contribution < 1.29 is 13.5 Å². The lowest BCUT2D eigenvalue weighted by molar-refractivity contribution is 0.362. The van der Waals surface area contributed by atoms with Gasteiger partial charge in [-0.25, -0.2) is 8.42 Å². The summed E-state index contributed by atoms with van der Waals surface area (Å²) in [5, 5.41) is 12.6. The number of hydrogen-bond acceptors (Lipinski definition) is 4. The van der Waals surface area contributed by atoms with Gasteiger partial charge in [0.1, 0.15) is 5.75 Å². The predicted octanol–water partition coefficient (Wildman–Crippen LogP) is 0.886. The lowest BCUT2D eigenvalue weighted by Crippen LogP contribution is -2.44. The third-order valence-corrected chi connectivity index (χ3v) is 4.13. The number of phenolic OH excluding ortho intramolecular Hbond substituents is 1. The van der Waals surface area contributed by atoms with Crippen LogP contribution >= 0.6 is 0 Å². The van der Waals surface area contributed by atoms with Crippen LogP contribution in [0.25, 0.3) is 0 Å². The Bertz CT molecular complexity index is 483. The first-order valence-electron chi connectivity index (χ1n) is 5.59. The SMILES string of the molecule is O=S(=O)(CCC1CCN1)Nc1ccccc1O. The molecule has 1 fully saturated rings. The van der Waals surface area contributed by atoms with Crippen LogP contribution in [0.5, 0.6) is 5.75 Å². The van der Waals surface area contributed by atoms with E-state index >= 15 is 0 Å². The molecule has 2 rings (SSSR count). The molecule has 6 heteroatoms. The molecule has 17 heavy (non-hydrogen) atoms. The molecule has 0 amide bonds. The molecule has 0 saturated carbocycles. The van der Waals surface area contributed by atoms with Gasteiger partial charge in [-0.1, -0.05) is 12.1 Å². The molecule has 1 atom stereocenters. The molecule has 0 aliphatic carbocycles. The zero-order valence-electron chi connectivity index (χ0n) is 9.39. The second-order valence-electron chi connectivity index (χ2n) is 4.17. The summed E-state index contributed by atoms with van der Waals surface area (Å²) in [5.74, 6) is 0.0109. The van der Waals surface area contributed by atoms with Gasteiger partial charge in [-0.3, -0.25) is 4.72 Å². The Kier molecular flexibility index (Phi) is 3.54. The van der Waals surface area contributed by atoms with Crippen LogP contribution < -0.4 is 10.0 Å². The quantitative estimate of drug-likeness (QED) is 0.684. The Morgan fingerprint density at radius 2 is 2.12 bits per heavy atom. The lowest BCUT2D eigenvalue weighted by Gasteiger charge is -2.27. The highest BCUT2D eigenvalue weighted by molar-refractivity contribution is 7.92. The summed E-state index contributed by atoms with van der Waals surface area (Å²) in [4.78, 5) is 0. The molecule has 1 aliphatic rings. The van der Waals surface area contributed by atoms with Crippen molar-refractivity contribution in [3.63, 3.8) is 0 Å². The van der Waals surface area contributed by atoms with Crippen molar-refractivity contribution in [2.45, 2.75) is 18.9 Å². The maximum Gasteiger partial charge on any atom is 0.232 e. The van der Waals surface area contributed by atoms with E-state index in [1.54, 1.807) is 12.1 Å². The summed E-state index contributed by atoms with van der Waals surface area (Å²) < 4.78 is 25.9. The average molecular weight is 256 g/mol. The van der Waals surface area contributed by atoms with E-state index in [0.717, 1.165) is 13.0 Å². The van der Waals surface area contributed by atoms with Gasteiger partial charge in [0.25, 0.3) is 0 Å². The van der Waals surface area contributed by atoms with Gasteiger partial charge >= 0.3 is 0 Å². The molecule has 0 spiro atoms. The van der Waals surface area contributed by atoms with Crippen molar-refractivity contribution >= 4 is 15.7 Å². The van der Waals surface area contributed by atoms with Crippen molar-refractivity contribution in [1.29, 1.82) is 0 Å². The predicted molar refractivity (Wildman–Crippen MR) is 66.5 cm³/mol. The average Bonchev–Trinajstić information content (AvgIpc) is 2.18. The minimum absolute atomic E-state index is 0.0576. The summed E-state index contributed by atoms with van der Waals surface area (Å²) in [6.45, 7) is 0.970. The minimum atomic E-state index is -3.38. The van der Waals surface area contributed by atoms with E-state index in [1.165, 1.54) is 12.1 Å². The monoisotopic (exact) mass is 256 g/mol. The van der Waals surface area contributed by atoms with Crippen LogP contribution in [-0.4, -0.2) is 31.9 Å². The van der Waals surface area contributed by atoms with Gasteiger partial charge in [-0.15, -0.1) is 0 Å². The molecule has 1 unspecified atom stereocenters. The number of anilines is 1. The number of hydrogen-bond donors (Lipinski definition) is 3. The van der Waals surface area contributed by atoms with Crippen molar-refractivity contribution in [1.82, 2.24) is 5.32 Å². The van der Waals surface area contributed by atoms with Crippen molar-refractivity contribution in [2.24, 2.45) is 0 Å². The number of benzene rings is 1. The molecule has 1 saturated heterocycles. The zero-order valence-corrected chi connectivity index (χ0v) is 10.2. The van der Waals surface area contributed by atoms with Gasteiger partial charge in [-0.05, 0) is 31.5 Å². The number of nitrogens with one attached hydrogen (secondary N) is 2. The zero-order chi connectivity index (χ0) is 12.3. The molecular formula is C11H16N2O3S. The number of phenols is 1. The molecule has 5 nitrogen and oxygen atoms in total. The van der Waals surface area contributed by atoms with E-state index in [2.05, 4.69) is 10.0 Å². The van der Waals surface area contributed by atoms with E-state index in [1.807, 2.05) is 0 Å². The van der Waals surface area contributed by atoms with Crippen LogP contribution in [0.1, 0.15) is 12.8 Å². The van der Waals surface area contributed by atoms with Crippen molar-refractivity contribution in [2.75, 3.05) is 17.0 Å². The number of aromatic hydroxyl groups is 1. The fraction of sp³-hybridized carbons (Fsp3) is 0.455. The van der Waals surface area contributed by atoms with Gasteiger partial charge < -0.3 is 10.4 Å². The summed E-state index contributed by atoms with van der Waals surface area (Å²) in [6.07, 6.45) is 1.63. The van der Waals surface area contributed by atoms with Gasteiger partial charge in [0.2, 0.25) is 10.0 Å². The standard InChI is InChI=1S/C11H16N2O3S/c14-11-4-2-1-3-10(11)13-17(15,16)8-6-9-5-7-12-9/h1-4,9,12-14H,5-8H2. The molecular weight excluding hydrogens is 240 g/mol. The van der Waals surface area contributed by atoms with Crippen LogP contribution in [0.2, 0.25) is 0 Å². The molecule has 0 bridgehead atoms. The van der Waals surface area contributed by atoms with Crippen LogP contribution in [0, 0.1) is 0 Å². The fourth-order valence-corrected chi connectivity index (χ4v) is 2.88. The first-order valence-corrected chi connectivity index (χ1v) is 7.24. The van der Waals surface area contributed by atoms with Crippen LogP contribution in [-0.2, 0) is 10.0 Å². The molecule has 94 valence electrons. The Hall–Kier alpha value is -1.27. The fourth-order valence-electron chi connectivity index (χ4n) is 1.67. The van der Waals surface area contributed by atoms with E-state index in [0.29, 0.717) is 12.5 Å². The van der Waals surface area contributed by atoms with E-state index in [4.69, 9.17) is 0 Å². The summed E-state index contributed by atoms with van der Waals surface area (Å²) in [5.41, 5.74) is 0.231. The highest BCUT2D eigenvalue weighted by Gasteiger charge is 2.20. The summed E-state index contributed by atoms with van der Waals surface area (Å²) >= 11 is 0. The first kappa shape index (κ1) is 12.2. The van der Waals surface area contributed by atoms with Crippen molar-refractivity contribution in [3.05, 3.63) is 24.3 Å². The largest absolute Gasteiger partial charge is 0.506 e. The van der Waals surface area contributed by atoms with Crippen molar-refractivity contribution in [3.8, 4) is 5.75 Å². The molecule has 1 aromatic rings. The van der Waals surface area contributed by atoms with Crippen LogP contribution in [0.3, 0.4) is 0 Å². The molecule has 0 aromatic heterocycles. The summed E-state index contributed by atoms with van der Waals surface area (Å²) in [6, 6.07) is 6.62. The van der Waals surface area contributed by atoms with E-state index in [9.17, 15) is 13.5 Å². The Labute approximate surface area is 101 Å².